The minimum absolute atomic E-state index is 0.183. The molecule has 2 rings (SSSR count). The van der Waals surface area contributed by atoms with E-state index in [0.717, 1.165) is 17.8 Å². The number of piperidine rings is 1. The van der Waals surface area contributed by atoms with E-state index in [2.05, 4.69) is 44.6 Å². The van der Waals surface area contributed by atoms with Gasteiger partial charge in [0, 0.05) is 24.4 Å². The van der Waals surface area contributed by atoms with E-state index in [1.54, 1.807) is 0 Å². The molecule has 1 nitrogen and oxygen atoms in total. The average Bonchev–Trinajstić information content (AvgIpc) is 2.42. The molecule has 0 aromatic carbocycles. The van der Waals surface area contributed by atoms with Crippen LogP contribution in [0.4, 0.5) is 0 Å². The van der Waals surface area contributed by atoms with Crippen LogP contribution >= 0.6 is 0 Å². The molecule has 0 amide bonds. The third kappa shape index (κ3) is 1.89. The van der Waals surface area contributed by atoms with Crippen LogP contribution in [-0.4, -0.2) is 25.0 Å². The van der Waals surface area contributed by atoms with Crippen LogP contribution in [0.2, 0.25) is 0 Å². The zero-order chi connectivity index (χ0) is 9.64. The molecule has 1 saturated heterocycles. The second-order valence-electron chi connectivity index (χ2n) is 5.59. The Hall–Kier alpha value is -0.480. The SMILES string of the molecule is CN1CC2C(C#CC(C)(C)C)C2C1. The summed E-state index contributed by atoms with van der Waals surface area (Å²) in [7, 11) is 2.21. The molecule has 2 atom stereocenters. The van der Waals surface area contributed by atoms with E-state index in [1.807, 2.05) is 0 Å². The zero-order valence-electron chi connectivity index (χ0n) is 9.09. The Bertz CT molecular complexity index is 251. The van der Waals surface area contributed by atoms with Crippen molar-refractivity contribution in [2.75, 3.05) is 20.1 Å². The normalized spacial score (nSPS) is 38.0. The molecule has 1 saturated carbocycles. The predicted molar refractivity (Wildman–Crippen MR) is 55.2 cm³/mol. The molecule has 2 unspecified atom stereocenters. The van der Waals surface area contributed by atoms with Crippen LogP contribution in [0.3, 0.4) is 0 Å². The van der Waals surface area contributed by atoms with Crippen molar-refractivity contribution in [1.29, 1.82) is 0 Å². The van der Waals surface area contributed by atoms with Gasteiger partial charge in [-0.2, -0.15) is 0 Å². The van der Waals surface area contributed by atoms with E-state index in [4.69, 9.17) is 0 Å². The Balaban J connectivity index is 1.91. The summed E-state index contributed by atoms with van der Waals surface area (Å²) >= 11 is 0. The van der Waals surface area contributed by atoms with E-state index >= 15 is 0 Å². The highest BCUT2D eigenvalue weighted by atomic mass is 15.2. The Morgan fingerprint density at radius 2 is 1.69 bits per heavy atom. The van der Waals surface area contributed by atoms with E-state index in [1.165, 1.54) is 13.1 Å². The minimum atomic E-state index is 0.183. The summed E-state index contributed by atoms with van der Waals surface area (Å²) in [5.74, 6) is 9.34. The van der Waals surface area contributed by atoms with Gasteiger partial charge in [0.1, 0.15) is 0 Å². The molecule has 0 spiro atoms. The summed E-state index contributed by atoms with van der Waals surface area (Å²) in [5, 5.41) is 0. The standard InChI is InChI=1S/C12H19N/c1-12(2,3)6-5-9-10-7-13(4)8-11(9)10/h9-11H,7-8H2,1-4H3. The molecular weight excluding hydrogens is 158 g/mol. The van der Waals surface area contributed by atoms with Gasteiger partial charge in [-0.25, -0.2) is 0 Å². The Morgan fingerprint density at radius 3 is 2.15 bits per heavy atom. The quantitative estimate of drug-likeness (QED) is 0.510. The second-order valence-corrected chi connectivity index (χ2v) is 5.59. The molecule has 13 heavy (non-hydrogen) atoms. The minimum Gasteiger partial charge on any atom is -0.306 e. The lowest BCUT2D eigenvalue weighted by molar-refractivity contribution is 0.359. The van der Waals surface area contributed by atoms with Crippen LogP contribution in [0.25, 0.3) is 0 Å². The summed E-state index contributed by atoms with van der Waals surface area (Å²) in [5.41, 5.74) is 0.183. The van der Waals surface area contributed by atoms with Gasteiger partial charge in [-0.05, 0) is 39.7 Å². The van der Waals surface area contributed by atoms with Crippen molar-refractivity contribution in [3.8, 4) is 11.8 Å². The van der Waals surface area contributed by atoms with Crippen LogP contribution < -0.4 is 0 Å². The van der Waals surface area contributed by atoms with Gasteiger partial charge in [0.15, 0.2) is 0 Å². The maximum atomic E-state index is 3.44. The van der Waals surface area contributed by atoms with Crippen LogP contribution in [-0.2, 0) is 0 Å². The molecule has 1 heterocycles. The predicted octanol–water partition coefficient (Wildman–Crippen LogP) is 1.84. The Labute approximate surface area is 81.5 Å². The second kappa shape index (κ2) is 2.75. The highest BCUT2D eigenvalue weighted by Gasteiger charge is 2.53. The number of likely N-dealkylation sites (tertiary alicyclic amines) is 1. The molecule has 0 N–H and O–H groups in total. The molecule has 2 fully saturated rings. The molecule has 2 aliphatic rings. The van der Waals surface area contributed by atoms with E-state index in [0.29, 0.717) is 0 Å². The summed E-state index contributed by atoms with van der Waals surface area (Å²) in [6, 6.07) is 0. The molecule has 72 valence electrons. The van der Waals surface area contributed by atoms with Crippen LogP contribution in [0.15, 0.2) is 0 Å². The van der Waals surface area contributed by atoms with Crippen molar-refractivity contribution in [2.24, 2.45) is 23.2 Å². The first-order valence-corrected chi connectivity index (χ1v) is 5.18. The van der Waals surface area contributed by atoms with Crippen molar-refractivity contribution in [2.45, 2.75) is 20.8 Å². The van der Waals surface area contributed by atoms with Crippen molar-refractivity contribution in [3.05, 3.63) is 0 Å². The highest BCUT2D eigenvalue weighted by Crippen LogP contribution is 2.50. The van der Waals surface area contributed by atoms with E-state index in [9.17, 15) is 0 Å². The molecule has 0 bridgehead atoms. The fraction of sp³-hybridized carbons (Fsp3) is 0.833. The molecular formula is C12H19N. The summed E-state index contributed by atoms with van der Waals surface area (Å²) in [6.45, 7) is 9.10. The lowest BCUT2D eigenvalue weighted by atomic mass is 9.97. The molecule has 1 aliphatic heterocycles. The van der Waals surface area contributed by atoms with Gasteiger partial charge in [0.05, 0.1) is 0 Å². The first-order valence-electron chi connectivity index (χ1n) is 5.18. The highest BCUT2D eigenvalue weighted by molar-refractivity contribution is 5.22. The summed E-state index contributed by atoms with van der Waals surface area (Å²) < 4.78 is 0. The summed E-state index contributed by atoms with van der Waals surface area (Å²) in [6.07, 6.45) is 0. The Morgan fingerprint density at radius 1 is 1.15 bits per heavy atom. The van der Waals surface area contributed by atoms with Crippen LogP contribution in [0.1, 0.15) is 20.8 Å². The average molecular weight is 177 g/mol. The fourth-order valence-corrected chi connectivity index (χ4v) is 2.25. The lowest BCUT2D eigenvalue weighted by Crippen LogP contribution is -2.18. The van der Waals surface area contributed by atoms with Crippen molar-refractivity contribution in [1.82, 2.24) is 4.90 Å². The van der Waals surface area contributed by atoms with Crippen molar-refractivity contribution in [3.63, 3.8) is 0 Å². The van der Waals surface area contributed by atoms with Gasteiger partial charge in [-0.15, -0.1) is 0 Å². The van der Waals surface area contributed by atoms with E-state index in [-0.39, 0.29) is 5.41 Å². The molecule has 0 aromatic heterocycles. The van der Waals surface area contributed by atoms with E-state index < -0.39 is 0 Å². The topological polar surface area (TPSA) is 3.24 Å². The van der Waals surface area contributed by atoms with Gasteiger partial charge in [0.2, 0.25) is 0 Å². The largest absolute Gasteiger partial charge is 0.306 e. The monoisotopic (exact) mass is 177 g/mol. The van der Waals surface area contributed by atoms with Crippen molar-refractivity contribution >= 4 is 0 Å². The number of hydrogen-bond donors (Lipinski definition) is 0. The zero-order valence-corrected chi connectivity index (χ0v) is 9.09. The van der Waals surface area contributed by atoms with Gasteiger partial charge in [-0.1, -0.05) is 11.8 Å². The van der Waals surface area contributed by atoms with Gasteiger partial charge < -0.3 is 4.90 Å². The third-order valence-corrected chi connectivity index (χ3v) is 2.99. The molecule has 1 heteroatoms. The molecule has 0 radical (unpaired) electrons. The lowest BCUT2D eigenvalue weighted by Gasteiger charge is -2.11. The Kier molecular flexibility index (Phi) is 1.92. The maximum absolute atomic E-state index is 3.44. The van der Waals surface area contributed by atoms with Gasteiger partial charge in [0.25, 0.3) is 0 Å². The van der Waals surface area contributed by atoms with Gasteiger partial charge in [-0.3, -0.25) is 0 Å². The first-order chi connectivity index (χ1) is 5.97. The van der Waals surface area contributed by atoms with Crippen molar-refractivity contribution < 1.29 is 0 Å². The van der Waals surface area contributed by atoms with Crippen LogP contribution in [0.5, 0.6) is 0 Å². The third-order valence-electron chi connectivity index (χ3n) is 2.99. The summed E-state index contributed by atoms with van der Waals surface area (Å²) in [4.78, 5) is 2.42. The maximum Gasteiger partial charge on any atom is 0.0291 e. The number of nitrogens with zero attached hydrogens (tertiary/aromatic N) is 1. The van der Waals surface area contributed by atoms with Crippen LogP contribution in [0, 0.1) is 35.0 Å². The number of rotatable bonds is 0. The smallest absolute Gasteiger partial charge is 0.0291 e. The molecule has 0 aromatic rings. The first kappa shape index (κ1) is 9.09. The number of fused-ring (bicyclic) bond motifs is 1. The fourth-order valence-electron chi connectivity index (χ4n) is 2.25. The molecule has 1 aliphatic carbocycles. The van der Waals surface area contributed by atoms with Gasteiger partial charge >= 0.3 is 0 Å². The number of hydrogen-bond acceptors (Lipinski definition) is 1.